The number of ether oxygens (including phenoxy) is 1. The molecule has 4 heteroatoms. The molecule has 0 amide bonds. The van der Waals surface area contributed by atoms with E-state index < -0.39 is 0 Å². The summed E-state index contributed by atoms with van der Waals surface area (Å²) >= 11 is 1.75. The second kappa shape index (κ2) is 7.96. The number of benzene rings is 1. The topological polar surface area (TPSA) is 29.5 Å². The SMILES string of the molecule is CCN(Cc1cccs1)CC(C(=O)OC)c1ccccc1. The summed E-state index contributed by atoms with van der Waals surface area (Å²) in [6, 6.07) is 14.0. The normalized spacial score (nSPS) is 12.3. The van der Waals surface area contributed by atoms with E-state index in [0.717, 1.165) is 18.7 Å². The lowest BCUT2D eigenvalue weighted by Gasteiger charge is -2.25. The number of likely N-dealkylation sites (N-methyl/N-ethyl adjacent to an activating group) is 1. The van der Waals surface area contributed by atoms with Crippen molar-refractivity contribution in [2.45, 2.75) is 19.4 Å². The lowest BCUT2D eigenvalue weighted by molar-refractivity contribution is -0.143. The molecule has 112 valence electrons. The average molecular weight is 303 g/mol. The van der Waals surface area contributed by atoms with Gasteiger partial charge in [-0.05, 0) is 23.6 Å². The quantitative estimate of drug-likeness (QED) is 0.733. The summed E-state index contributed by atoms with van der Waals surface area (Å²) in [5, 5.41) is 2.08. The fraction of sp³-hybridized carbons (Fsp3) is 0.353. The minimum atomic E-state index is -0.240. The minimum absolute atomic E-state index is 0.175. The molecule has 3 nitrogen and oxygen atoms in total. The molecule has 21 heavy (non-hydrogen) atoms. The van der Waals surface area contributed by atoms with E-state index in [2.05, 4.69) is 29.3 Å². The lowest BCUT2D eigenvalue weighted by Crippen LogP contribution is -2.32. The number of rotatable bonds is 7. The Labute approximate surface area is 130 Å². The van der Waals surface area contributed by atoms with Gasteiger partial charge < -0.3 is 4.74 Å². The second-order valence-electron chi connectivity index (χ2n) is 4.89. The Morgan fingerprint density at radius 3 is 2.57 bits per heavy atom. The van der Waals surface area contributed by atoms with Crippen molar-refractivity contribution in [2.75, 3.05) is 20.2 Å². The predicted molar refractivity (Wildman–Crippen MR) is 86.5 cm³/mol. The van der Waals surface area contributed by atoms with Gasteiger partial charge in [-0.2, -0.15) is 0 Å². The molecule has 0 N–H and O–H groups in total. The van der Waals surface area contributed by atoms with E-state index >= 15 is 0 Å². The molecule has 0 aliphatic carbocycles. The first kappa shape index (κ1) is 15.7. The van der Waals surface area contributed by atoms with Crippen molar-refractivity contribution in [3.8, 4) is 0 Å². The Kier molecular flexibility index (Phi) is 5.96. The van der Waals surface area contributed by atoms with Crippen LogP contribution in [-0.2, 0) is 16.1 Å². The van der Waals surface area contributed by atoms with Gasteiger partial charge in [-0.1, -0.05) is 43.3 Å². The van der Waals surface area contributed by atoms with Crippen molar-refractivity contribution in [3.63, 3.8) is 0 Å². The molecule has 0 aliphatic heterocycles. The molecule has 0 fully saturated rings. The van der Waals surface area contributed by atoms with Gasteiger partial charge in [-0.25, -0.2) is 0 Å². The van der Waals surface area contributed by atoms with Gasteiger partial charge in [0.25, 0.3) is 0 Å². The van der Waals surface area contributed by atoms with Crippen LogP contribution in [0.25, 0.3) is 0 Å². The average Bonchev–Trinajstić information content (AvgIpc) is 3.04. The highest BCUT2D eigenvalue weighted by Crippen LogP contribution is 2.20. The minimum Gasteiger partial charge on any atom is -0.469 e. The van der Waals surface area contributed by atoms with E-state index in [0.29, 0.717) is 6.54 Å². The van der Waals surface area contributed by atoms with E-state index in [1.54, 1.807) is 11.3 Å². The number of carbonyl (C=O) groups excluding carboxylic acids is 1. The van der Waals surface area contributed by atoms with Crippen LogP contribution < -0.4 is 0 Å². The fourth-order valence-corrected chi connectivity index (χ4v) is 3.08. The Balaban J connectivity index is 2.11. The molecule has 2 rings (SSSR count). The fourth-order valence-electron chi connectivity index (χ4n) is 2.33. The molecule has 2 aromatic rings. The van der Waals surface area contributed by atoms with Crippen LogP contribution in [0.5, 0.6) is 0 Å². The van der Waals surface area contributed by atoms with Gasteiger partial charge in [-0.3, -0.25) is 9.69 Å². The van der Waals surface area contributed by atoms with Crippen molar-refractivity contribution >= 4 is 17.3 Å². The molecule has 0 radical (unpaired) electrons. The number of methoxy groups -OCH3 is 1. The summed E-state index contributed by atoms with van der Waals surface area (Å²) in [4.78, 5) is 15.7. The first-order valence-corrected chi connectivity index (χ1v) is 8.00. The first-order chi connectivity index (χ1) is 10.2. The van der Waals surface area contributed by atoms with E-state index in [1.165, 1.54) is 12.0 Å². The number of thiophene rings is 1. The molecule has 0 aliphatic rings. The third-order valence-electron chi connectivity index (χ3n) is 3.54. The van der Waals surface area contributed by atoms with E-state index in [4.69, 9.17) is 4.74 Å². The Bertz CT molecular complexity index is 539. The van der Waals surface area contributed by atoms with Gasteiger partial charge in [0, 0.05) is 18.0 Å². The van der Waals surface area contributed by atoms with Crippen molar-refractivity contribution in [1.82, 2.24) is 4.90 Å². The Morgan fingerprint density at radius 1 is 1.24 bits per heavy atom. The molecule has 0 spiro atoms. The van der Waals surface area contributed by atoms with Gasteiger partial charge in [0.05, 0.1) is 13.0 Å². The van der Waals surface area contributed by atoms with Crippen LogP contribution in [0.4, 0.5) is 0 Å². The maximum absolute atomic E-state index is 12.1. The number of hydrogen-bond donors (Lipinski definition) is 0. The molecule has 0 saturated carbocycles. The molecule has 1 aromatic heterocycles. The molecule has 1 heterocycles. The number of esters is 1. The maximum Gasteiger partial charge on any atom is 0.314 e. The smallest absolute Gasteiger partial charge is 0.314 e. The molecular weight excluding hydrogens is 282 g/mol. The third-order valence-corrected chi connectivity index (χ3v) is 4.40. The van der Waals surface area contributed by atoms with E-state index in [9.17, 15) is 4.79 Å². The molecule has 1 atom stereocenters. The second-order valence-corrected chi connectivity index (χ2v) is 5.93. The molecule has 0 saturated heterocycles. The van der Waals surface area contributed by atoms with E-state index in [1.807, 2.05) is 30.3 Å². The molecule has 1 unspecified atom stereocenters. The predicted octanol–water partition coefficient (Wildman–Crippen LogP) is 3.53. The number of carbonyl (C=O) groups is 1. The summed E-state index contributed by atoms with van der Waals surface area (Å²) in [7, 11) is 1.45. The monoisotopic (exact) mass is 303 g/mol. The third kappa shape index (κ3) is 4.41. The summed E-state index contributed by atoms with van der Waals surface area (Å²) in [6.07, 6.45) is 0. The Morgan fingerprint density at radius 2 is 2.00 bits per heavy atom. The van der Waals surface area contributed by atoms with Crippen LogP contribution in [0.1, 0.15) is 23.3 Å². The molecular formula is C17H21NO2S. The number of nitrogens with zero attached hydrogens (tertiary/aromatic N) is 1. The summed E-state index contributed by atoms with van der Waals surface area (Å²) in [5.41, 5.74) is 1.01. The molecule has 0 bridgehead atoms. The van der Waals surface area contributed by atoms with Crippen molar-refractivity contribution in [3.05, 3.63) is 58.3 Å². The van der Waals surface area contributed by atoms with Crippen molar-refractivity contribution in [1.29, 1.82) is 0 Å². The van der Waals surface area contributed by atoms with Crippen LogP contribution in [0, 0.1) is 0 Å². The molecule has 1 aromatic carbocycles. The van der Waals surface area contributed by atoms with Crippen LogP contribution in [0.3, 0.4) is 0 Å². The first-order valence-electron chi connectivity index (χ1n) is 7.12. The van der Waals surface area contributed by atoms with Crippen molar-refractivity contribution < 1.29 is 9.53 Å². The summed E-state index contributed by atoms with van der Waals surface area (Å²) < 4.78 is 4.98. The standard InChI is InChI=1S/C17H21NO2S/c1-3-18(12-15-10-7-11-21-15)13-16(17(19)20-2)14-8-5-4-6-9-14/h4-11,16H,3,12-13H2,1-2H3. The van der Waals surface area contributed by atoms with Crippen LogP contribution in [-0.4, -0.2) is 31.1 Å². The van der Waals surface area contributed by atoms with Gasteiger partial charge in [0.1, 0.15) is 0 Å². The zero-order valence-electron chi connectivity index (χ0n) is 12.5. The van der Waals surface area contributed by atoms with Gasteiger partial charge >= 0.3 is 5.97 Å². The largest absolute Gasteiger partial charge is 0.469 e. The van der Waals surface area contributed by atoms with Gasteiger partial charge in [0.15, 0.2) is 0 Å². The highest BCUT2D eigenvalue weighted by Gasteiger charge is 2.23. The highest BCUT2D eigenvalue weighted by atomic mass is 32.1. The lowest BCUT2D eigenvalue weighted by atomic mass is 9.98. The van der Waals surface area contributed by atoms with Gasteiger partial charge in [0.2, 0.25) is 0 Å². The zero-order valence-corrected chi connectivity index (χ0v) is 13.3. The number of hydrogen-bond acceptors (Lipinski definition) is 4. The van der Waals surface area contributed by atoms with Gasteiger partial charge in [-0.15, -0.1) is 11.3 Å². The van der Waals surface area contributed by atoms with E-state index in [-0.39, 0.29) is 11.9 Å². The highest BCUT2D eigenvalue weighted by molar-refractivity contribution is 7.09. The van der Waals surface area contributed by atoms with Crippen LogP contribution in [0.15, 0.2) is 47.8 Å². The van der Waals surface area contributed by atoms with Crippen LogP contribution in [0.2, 0.25) is 0 Å². The summed E-state index contributed by atoms with van der Waals surface area (Å²) in [6.45, 7) is 4.56. The zero-order chi connectivity index (χ0) is 15.1. The summed E-state index contributed by atoms with van der Waals surface area (Å²) in [5.74, 6) is -0.415. The van der Waals surface area contributed by atoms with Crippen LogP contribution >= 0.6 is 11.3 Å². The van der Waals surface area contributed by atoms with Crippen molar-refractivity contribution in [2.24, 2.45) is 0 Å². The Hall–Kier alpha value is -1.65. The maximum atomic E-state index is 12.1.